The monoisotopic (exact) mass is 295 g/mol. The summed E-state index contributed by atoms with van der Waals surface area (Å²) >= 11 is 11.6. The lowest BCUT2D eigenvalue weighted by Gasteiger charge is -2.08. The van der Waals surface area contributed by atoms with E-state index in [1.165, 1.54) is 6.07 Å². The molecular formula is C14H11Cl2NO2. The molecule has 0 aliphatic heterocycles. The number of carbonyl (C=O) groups excluding carboxylic acids is 1. The number of hydrogen-bond donors (Lipinski definition) is 1. The van der Waals surface area contributed by atoms with Gasteiger partial charge in [0.1, 0.15) is 5.75 Å². The van der Waals surface area contributed by atoms with Crippen LogP contribution in [0, 0.1) is 0 Å². The van der Waals surface area contributed by atoms with Crippen LogP contribution in [0.3, 0.4) is 0 Å². The van der Waals surface area contributed by atoms with Crippen LogP contribution in [0.2, 0.25) is 10.0 Å². The molecule has 0 atom stereocenters. The number of amides is 1. The highest BCUT2D eigenvalue weighted by Gasteiger charge is 2.07. The van der Waals surface area contributed by atoms with Crippen LogP contribution in [0.25, 0.3) is 0 Å². The Balaban J connectivity index is 1.89. The standard InChI is InChI=1S/C14H11Cl2NO2/c15-12-7-6-10(8-13(12)16)14(18)17-9-19-11-4-2-1-3-5-11/h1-8H,9H2,(H,17,18). The van der Waals surface area contributed by atoms with Gasteiger partial charge < -0.3 is 10.1 Å². The molecule has 1 N–H and O–H groups in total. The fourth-order valence-electron chi connectivity index (χ4n) is 1.44. The zero-order chi connectivity index (χ0) is 13.7. The van der Waals surface area contributed by atoms with Crippen LogP contribution >= 0.6 is 23.2 Å². The topological polar surface area (TPSA) is 38.3 Å². The minimum absolute atomic E-state index is 0.0864. The molecule has 0 spiro atoms. The number of hydrogen-bond acceptors (Lipinski definition) is 2. The van der Waals surface area contributed by atoms with E-state index in [-0.39, 0.29) is 12.6 Å². The van der Waals surface area contributed by atoms with Crippen LogP contribution in [0.5, 0.6) is 5.75 Å². The highest BCUT2D eigenvalue weighted by Crippen LogP contribution is 2.22. The third-order valence-electron chi connectivity index (χ3n) is 2.40. The Kier molecular flexibility index (Phi) is 4.66. The number of ether oxygens (including phenoxy) is 1. The lowest BCUT2D eigenvalue weighted by Crippen LogP contribution is -2.27. The summed E-state index contributed by atoms with van der Waals surface area (Å²) in [6, 6.07) is 13.9. The van der Waals surface area contributed by atoms with E-state index in [0.29, 0.717) is 21.4 Å². The lowest BCUT2D eigenvalue weighted by atomic mass is 10.2. The maximum atomic E-state index is 11.8. The predicted octanol–water partition coefficient (Wildman–Crippen LogP) is 3.76. The maximum Gasteiger partial charge on any atom is 0.253 e. The maximum absolute atomic E-state index is 11.8. The summed E-state index contributed by atoms with van der Waals surface area (Å²) in [4.78, 5) is 11.8. The molecular weight excluding hydrogens is 285 g/mol. The van der Waals surface area contributed by atoms with E-state index in [1.807, 2.05) is 30.3 Å². The Morgan fingerprint density at radius 2 is 1.79 bits per heavy atom. The fourth-order valence-corrected chi connectivity index (χ4v) is 1.74. The van der Waals surface area contributed by atoms with Crippen LogP contribution in [0.4, 0.5) is 0 Å². The number of para-hydroxylation sites is 1. The van der Waals surface area contributed by atoms with Crippen molar-refractivity contribution in [2.45, 2.75) is 0 Å². The highest BCUT2D eigenvalue weighted by atomic mass is 35.5. The molecule has 2 aromatic rings. The summed E-state index contributed by atoms with van der Waals surface area (Å²) in [7, 11) is 0. The van der Waals surface area contributed by atoms with Gasteiger partial charge in [0.2, 0.25) is 0 Å². The Morgan fingerprint density at radius 3 is 2.47 bits per heavy atom. The van der Waals surface area contributed by atoms with Crippen LogP contribution in [-0.2, 0) is 0 Å². The van der Waals surface area contributed by atoms with Gasteiger partial charge in [-0.15, -0.1) is 0 Å². The molecule has 3 nitrogen and oxygen atoms in total. The van der Waals surface area contributed by atoms with Gasteiger partial charge in [0.05, 0.1) is 10.0 Å². The normalized spacial score (nSPS) is 10.0. The molecule has 5 heteroatoms. The van der Waals surface area contributed by atoms with E-state index < -0.39 is 0 Å². The van der Waals surface area contributed by atoms with Gasteiger partial charge in [-0.2, -0.15) is 0 Å². The molecule has 0 saturated heterocycles. The lowest BCUT2D eigenvalue weighted by molar-refractivity contribution is 0.0919. The van der Waals surface area contributed by atoms with Crippen molar-refractivity contribution >= 4 is 29.1 Å². The molecule has 0 bridgehead atoms. The summed E-state index contributed by atoms with van der Waals surface area (Å²) in [5, 5.41) is 3.39. The minimum atomic E-state index is -0.269. The number of carbonyl (C=O) groups is 1. The van der Waals surface area contributed by atoms with Crippen molar-refractivity contribution in [1.82, 2.24) is 5.32 Å². The minimum Gasteiger partial charge on any atom is -0.473 e. The SMILES string of the molecule is O=C(NCOc1ccccc1)c1ccc(Cl)c(Cl)c1. The van der Waals surface area contributed by atoms with Gasteiger partial charge in [0.15, 0.2) is 6.73 Å². The molecule has 0 aliphatic carbocycles. The van der Waals surface area contributed by atoms with Crippen molar-refractivity contribution in [2.24, 2.45) is 0 Å². The van der Waals surface area contributed by atoms with Gasteiger partial charge in [0, 0.05) is 5.56 Å². The quantitative estimate of drug-likeness (QED) is 0.872. The number of rotatable bonds is 4. The average Bonchev–Trinajstić information content (AvgIpc) is 2.43. The van der Waals surface area contributed by atoms with Crippen molar-refractivity contribution in [1.29, 1.82) is 0 Å². The van der Waals surface area contributed by atoms with Gasteiger partial charge in [-0.05, 0) is 30.3 Å². The third-order valence-corrected chi connectivity index (χ3v) is 3.14. The Labute approximate surface area is 121 Å². The van der Waals surface area contributed by atoms with Gasteiger partial charge in [-0.3, -0.25) is 4.79 Å². The van der Waals surface area contributed by atoms with Crippen LogP contribution in [0.1, 0.15) is 10.4 Å². The number of nitrogens with one attached hydrogen (secondary N) is 1. The number of halogens is 2. The summed E-state index contributed by atoms with van der Waals surface area (Å²) in [5.74, 6) is 0.423. The predicted molar refractivity (Wildman–Crippen MR) is 75.9 cm³/mol. The Hall–Kier alpha value is -1.71. The molecule has 0 aliphatic rings. The van der Waals surface area contributed by atoms with E-state index in [9.17, 15) is 4.79 Å². The summed E-state index contributed by atoms with van der Waals surface area (Å²) in [6.45, 7) is 0.0864. The highest BCUT2D eigenvalue weighted by molar-refractivity contribution is 6.42. The Morgan fingerprint density at radius 1 is 1.05 bits per heavy atom. The van der Waals surface area contributed by atoms with Crippen LogP contribution < -0.4 is 10.1 Å². The van der Waals surface area contributed by atoms with Crippen LogP contribution in [-0.4, -0.2) is 12.6 Å². The Bertz CT molecular complexity index is 573. The first-order valence-electron chi connectivity index (χ1n) is 5.58. The molecule has 1 amide bonds. The third kappa shape index (κ3) is 3.88. The molecule has 0 aromatic heterocycles. The summed E-state index contributed by atoms with van der Waals surface area (Å²) < 4.78 is 5.36. The summed E-state index contributed by atoms with van der Waals surface area (Å²) in [5.41, 5.74) is 0.436. The zero-order valence-electron chi connectivity index (χ0n) is 9.90. The molecule has 0 fully saturated rings. The first-order chi connectivity index (χ1) is 9.16. The van der Waals surface area contributed by atoms with Crippen molar-refractivity contribution in [3.05, 3.63) is 64.1 Å². The van der Waals surface area contributed by atoms with Crippen molar-refractivity contribution in [3.63, 3.8) is 0 Å². The van der Waals surface area contributed by atoms with Gasteiger partial charge in [-0.25, -0.2) is 0 Å². The second-order valence-corrected chi connectivity index (χ2v) is 4.55. The molecule has 0 saturated carbocycles. The van der Waals surface area contributed by atoms with E-state index in [0.717, 1.165) is 0 Å². The van der Waals surface area contributed by atoms with E-state index in [2.05, 4.69) is 5.32 Å². The van der Waals surface area contributed by atoms with E-state index >= 15 is 0 Å². The average molecular weight is 296 g/mol. The van der Waals surface area contributed by atoms with E-state index in [4.69, 9.17) is 27.9 Å². The number of benzene rings is 2. The molecule has 19 heavy (non-hydrogen) atoms. The van der Waals surface area contributed by atoms with Crippen molar-refractivity contribution in [2.75, 3.05) is 6.73 Å². The van der Waals surface area contributed by atoms with Gasteiger partial charge >= 0.3 is 0 Å². The van der Waals surface area contributed by atoms with Crippen LogP contribution in [0.15, 0.2) is 48.5 Å². The van der Waals surface area contributed by atoms with Gasteiger partial charge in [-0.1, -0.05) is 41.4 Å². The molecule has 2 rings (SSSR count). The van der Waals surface area contributed by atoms with Crippen molar-refractivity contribution in [3.8, 4) is 5.75 Å². The molecule has 0 heterocycles. The first-order valence-corrected chi connectivity index (χ1v) is 6.33. The molecule has 0 unspecified atom stereocenters. The van der Waals surface area contributed by atoms with Crippen molar-refractivity contribution < 1.29 is 9.53 Å². The largest absolute Gasteiger partial charge is 0.473 e. The smallest absolute Gasteiger partial charge is 0.253 e. The second kappa shape index (κ2) is 6.45. The zero-order valence-corrected chi connectivity index (χ0v) is 11.4. The molecule has 98 valence electrons. The fraction of sp³-hybridized carbons (Fsp3) is 0.0714. The molecule has 0 radical (unpaired) electrons. The van der Waals surface area contributed by atoms with E-state index in [1.54, 1.807) is 12.1 Å². The second-order valence-electron chi connectivity index (χ2n) is 3.74. The summed E-state index contributed by atoms with van der Waals surface area (Å²) in [6.07, 6.45) is 0. The molecule has 2 aromatic carbocycles. The van der Waals surface area contributed by atoms with Gasteiger partial charge in [0.25, 0.3) is 5.91 Å². The first kappa shape index (κ1) is 13.7.